The van der Waals surface area contributed by atoms with Gasteiger partial charge in [-0.2, -0.15) is 13.2 Å². The van der Waals surface area contributed by atoms with Crippen LogP contribution < -0.4 is 25.4 Å². The van der Waals surface area contributed by atoms with E-state index < -0.39 is 46.8 Å². The zero-order valence-electron chi connectivity index (χ0n) is 37.2. The van der Waals surface area contributed by atoms with Crippen molar-refractivity contribution in [2.45, 2.75) is 67.3 Å². The number of sulfone groups is 1. The third-order valence-corrected chi connectivity index (χ3v) is 15.8. The first kappa shape index (κ1) is 48.3. The Hall–Kier alpha value is -5.18. The Kier molecular flexibility index (Phi) is 14.0. The summed E-state index contributed by atoms with van der Waals surface area (Å²) in [6, 6.07) is 18.6. The fraction of sp³-hybridized carbons (Fsp3) is 0.404. The topological polar surface area (TPSA) is 183 Å². The number of allylic oxidation sites excluding steroid dienone is 1. The lowest BCUT2D eigenvalue weighted by Gasteiger charge is -2.39. The number of alkyl halides is 3. The summed E-state index contributed by atoms with van der Waals surface area (Å²) in [7, 11) is -11.0. The fourth-order valence-corrected chi connectivity index (χ4v) is 11.1. The van der Waals surface area contributed by atoms with Crippen molar-refractivity contribution in [2.75, 3.05) is 69.1 Å². The molecule has 358 valence electrons. The molecule has 20 heteroatoms. The normalized spacial score (nSPS) is 18.7. The molecule has 5 aromatic rings. The third-order valence-electron chi connectivity index (χ3n) is 12.7. The number of aromatic amines is 1. The van der Waals surface area contributed by atoms with Crippen molar-refractivity contribution in [2.24, 2.45) is 11.1 Å². The fourth-order valence-electron chi connectivity index (χ4n) is 8.97. The second-order valence-corrected chi connectivity index (χ2v) is 22.3. The number of rotatable bonds is 15. The van der Waals surface area contributed by atoms with Crippen LogP contribution in [0.25, 0.3) is 16.6 Å². The van der Waals surface area contributed by atoms with Gasteiger partial charge in [0.15, 0.2) is 0 Å². The number of likely N-dealkylation sites (tertiary alicyclic amines) is 1. The minimum Gasteiger partial charge on any atom is -0.455 e. The Labute approximate surface area is 393 Å². The van der Waals surface area contributed by atoms with Crippen LogP contribution in [0.15, 0.2) is 101 Å². The first-order valence-corrected chi connectivity index (χ1v) is 25.5. The smallest absolute Gasteiger partial charge is 0.455 e. The van der Waals surface area contributed by atoms with E-state index in [1.807, 2.05) is 16.9 Å². The average molecular weight is 984 g/mol. The number of H-pyrrole nitrogens is 1. The van der Waals surface area contributed by atoms with Crippen LogP contribution in [-0.2, 0) is 19.9 Å². The van der Waals surface area contributed by atoms with Crippen molar-refractivity contribution in [3.05, 3.63) is 107 Å². The van der Waals surface area contributed by atoms with Crippen molar-refractivity contribution < 1.29 is 39.5 Å². The molecule has 0 spiro atoms. The maximum atomic E-state index is 14.0. The molecule has 4 heterocycles. The van der Waals surface area contributed by atoms with Gasteiger partial charge in [0.05, 0.1) is 22.3 Å². The lowest BCUT2D eigenvalue weighted by molar-refractivity contribution is -0.0435. The summed E-state index contributed by atoms with van der Waals surface area (Å²) >= 11 is 6.23. The number of ether oxygens (including phenoxy) is 1. The van der Waals surface area contributed by atoms with Crippen LogP contribution >= 0.6 is 11.6 Å². The van der Waals surface area contributed by atoms with E-state index in [9.17, 15) is 34.8 Å². The van der Waals surface area contributed by atoms with E-state index in [0.717, 1.165) is 64.0 Å². The minimum atomic E-state index is -6.04. The maximum Gasteiger partial charge on any atom is 0.501 e. The van der Waals surface area contributed by atoms with Crippen molar-refractivity contribution in [3.63, 3.8) is 0 Å². The highest BCUT2D eigenvalue weighted by Crippen LogP contribution is 2.44. The Morgan fingerprint density at radius 2 is 1.73 bits per heavy atom. The van der Waals surface area contributed by atoms with E-state index in [1.54, 1.807) is 30.5 Å². The standard InChI is InChI=1S/C47H54ClF3N8O6S2/c1-46(2)15-12-33(40(27-46)31-4-6-34(48)7-5-31)29-58-20-22-59(23-21-58)36-8-10-39(42(25-36)65-37-24-32-13-17-54-44(32)55-28-37)45(60)56-67(63,64)38-9-11-41(43(26-38)66(61,62)47(49,50)51)53-16-3-18-57-19-14-35(52)30-57/h4-11,13,17,24-26,28,35,53H,3,12,14-16,18-23,27,29-30,52H2,1-2H3,(H,54,55)(H,56,60)/t35-/m0/s1. The van der Waals surface area contributed by atoms with Gasteiger partial charge in [-0.15, -0.1) is 0 Å². The van der Waals surface area contributed by atoms with Gasteiger partial charge in [-0.1, -0.05) is 43.2 Å². The Morgan fingerprint density at radius 1 is 0.970 bits per heavy atom. The largest absolute Gasteiger partial charge is 0.501 e. The van der Waals surface area contributed by atoms with Crippen LogP contribution in [0, 0.1) is 5.41 Å². The minimum absolute atomic E-state index is 0.0114. The van der Waals surface area contributed by atoms with E-state index >= 15 is 0 Å². The van der Waals surface area contributed by atoms with E-state index in [-0.39, 0.29) is 35.1 Å². The molecule has 1 atom stereocenters. The van der Waals surface area contributed by atoms with Crippen LogP contribution in [-0.4, -0.2) is 113 Å². The van der Waals surface area contributed by atoms with Crippen LogP contribution in [0.1, 0.15) is 61.9 Å². The monoisotopic (exact) mass is 982 g/mol. The van der Waals surface area contributed by atoms with Crippen molar-refractivity contribution >= 4 is 65.3 Å². The summed E-state index contributed by atoms with van der Waals surface area (Å²) < 4.78 is 103. The average Bonchev–Trinajstić information content (AvgIpc) is 3.93. The molecule has 2 fully saturated rings. The molecule has 2 aliphatic heterocycles. The van der Waals surface area contributed by atoms with Gasteiger partial charge in [0.25, 0.3) is 25.8 Å². The molecule has 1 amide bonds. The number of halogens is 4. The van der Waals surface area contributed by atoms with Crippen molar-refractivity contribution in [1.82, 2.24) is 24.5 Å². The van der Waals surface area contributed by atoms with E-state index in [4.69, 9.17) is 22.1 Å². The lowest BCUT2D eigenvalue weighted by atomic mass is 9.72. The predicted molar refractivity (Wildman–Crippen MR) is 254 cm³/mol. The highest BCUT2D eigenvalue weighted by molar-refractivity contribution is 7.92. The molecule has 0 radical (unpaired) electrons. The second kappa shape index (κ2) is 19.4. The van der Waals surface area contributed by atoms with Crippen LogP contribution in [0.4, 0.5) is 24.5 Å². The summed E-state index contributed by atoms with van der Waals surface area (Å²) in [5.74, 6) is -0.922. The molecule has 0 unspecified atom stereocenters. The molecule has 2 aromatic heterocycles. The predicted octanol–water partition coefficient (Wildman–Crippen LogP) is 8.04. The van der Waals surface area contributed by atoms with Crippen LogP contribution in [0.3, 0.4) is 0 Å². The van der Waals surface area contributed by atoms with Gasteiger partial charge in [-0.3, -0.25) is 9.69 Å². The summed E-state index contributed by atoms with van der Waals surface area (Å²) in [4.78, 5) is 25.9. The third kappa shape index (κ3) is 11.2. The lowest BCUT2D eigenvalue weighted by Crippen LogP contribution is -2.47. The second-order valence-electron chi connectivity index (χ2n) is 18.2. The number of anilines is 2. The molecule has 14 nitrogen and oxygen atoms in total. The highest BCUT2D eigenvalue weighted by Gasteiger charge is 2.48. The molecular formula is C47H54ClF3N8O6S2. The molecule has 8 rings (SSSR count). The van der Waals surface area contributed by atoms with Gasteiger partial charge in [0.1, 0.15) is 22.0 Å². The number of piperazine rings is 1. The summed E-state index contributed by atoms with van der Waals surface area (Å²) in [5, 5.41) is 4.14. The number of pyridine rings is 1. The van der Waals surface area contributed by atoms with Gasteiger partial charge >= 0.3 is 5.51 Å². The molecule has 0 saturated carbocycles. The SMILES string of the molecule is CC1(C)CCC(CN2CCN(c3ccc(C(=O)NS(=O)(=O)c4ccc(NCCCN5CC[C@H](N)C5)c(S(=O)(=O)C(F)(F)F)c4)c(Oc4cnc5[nH]ccc5c4)c3)CC2)=C(c2ccc(Cl)cc2)C1. The quantitative estimate of drug-likeness (QED) is 0.0743. The highest BCUT2D eigenvalue weighted by atomic mass is 35.5. The number of carbonyl (C=O) groups excluding carboxylic acids is 1. The number of hydrogen-bond acceptors (Lipinski definition) is 12. The van der Waals surface area contributed by atoms with Gasteiger partial charge in [0.2, 0.25) is 0 Å². The summed E-state index contributed by atoms with van der Waals surface area (Å²) in [6.45, 7) is 10.3. The number of aromatic nitrogens is 2. The van der Waals surface area contributed by atoms with Crippen molar-refractivity contribution in [3.8, 4) is 11.5 Å². The van der Waals surface area contributed by atoms with Crippen molar-refractivity contribution in [1.29, 1.82) is 0 Å². The Balaban J connectivity index is 1.02. The molecule has 1 aliphatic carbocycles. The molecule has 5 N–H and O–H groups in total. The number of carbonyl (C=O) groups is 1. The molecule has 67 heavy (non-hydrogen) atoms. The van der Waals surface area contributed by atoms with Gasteiger partial charge in [-0.05, 0) is 116 Å². The molecule has 0 bridgehead atoms. The first-order valence-electron chi connectivity index (χ1n) is 22.2. The van der Waals surface area contributed by atoms with Gasteiger partial charge < -0.3 is 30.6 Å². The number of sulfonamides is 1. The van der Waals surface area contributed by atoms with Gasteiger partial charge in [0, 0.05) is 80.2 Å². The maximum absolute atomic E-state index is 14.0. The number of benzene rings is 3. The van der Waals surface area contributed by atoms with Crippen LogP contribution in [0.2, 0.25) is 5.02 Å². The van der Waals surface area contributed by atoms with E-state index in [1.165, 1.54) is 29.0 Å². The first-order chi connectivity index (χ1) is 31.7. The van der Waals surface area contributed by atoms with Gasteiger partial charge in [-0.25, -0.2) is 26.5 Å². The molecule has 3 aliphatic rings. The molecule has 2 saturated heterocycles. The van der Waals surface area contributed by atoms with Crippen LogP contribution in [0.5, 0.6) is 11.5 Å². The molecular weight excluding hydrogens is 929 g/mol. The Morgan fingerprint density at radius 3 is 2.45 bits per heavy atom. The number of nitrogens with zero attached hydrogens (tertiary/aromatic N) is 4. The summed E-state index contributed by atoms with van der Waals surface area (Å²) in [6.07, 6.45) is 7.49. The number of hydrogen-bond donors (Lipinski definition) is 4. The zero-order chi connectivity index (χ0) is 47.7. The van der Waals surface area contributed by atoms with E-state index in [2.05, 4.69) is 56.0 Å². The molecule has 3 aromatic carbocycles. The Bertz CT molecular complexity index is 2890. The number of nitrogens with two attached hydrogens (primary N) is 1. The van der Waals surface area contributed by atoms with E-state index in [0.29, 0.717) is 60.4 Å². The number of fused-ring (bicyclic) bond motifs is 1. The summed E-state index contributed by atoms with van der Waals surface area (Å²) in [5.41, 5.74) is 5.04. The number of amides is 1. The number of nitrogens with one attached hydrogen (secondary N) is 3. The zero-order valence-corrected chi connectivity index (χ0v) is 39.6.